The third-order valence-corrected chi connectivity index (χ3v) is 3.83. The Hall–Kier alpha value is -2.04. The molecule has 22 heavy (non-hydrogen) atoms. The molecule has 1 N–H and O–H groups in total. The van der Waals surface area contributed by atoms with Gasteiger partial charge in [-0.25, -0.2) is 9.59 Å². The maximum absolute atomic E-state index is 12.3. The number of hydrogen-bond acceptors (Lipinski definition) is 3. The van der Waals surface area contributed by atoms with Gasteiger partial charge in [-0.05, 0) is 45.7 Å². The van der Waals surface area contributed by atoms with Crippen LogP contribution in [0.15, 0.2) is 24.3 Å². The number of rotatable bonds is 2. The molecule has 0 saturated carbocycles. The van der Waals surface area contributed by atoms with Crippen molar-refractivity contribution in [2.24, 2.45) is 0 Å². The van der Waals surface area contributed by atoms with Gasteiger partial charge in [0.05, 0.1) is 5.56 Å². The highest BCUT2D eigenvalue weighted by Gasteiger charge is 2.36. The number of amides is 1. The van der Waals surface area contributed by atoms with E-state index in [2.05, 4.69) is 0 Å². The second kappa shape index (κ2) is 5.99. The maximum Gasteiger partial charge on any atom is 0.410 e. The summed E-state index contributed by atoms with van der Waals surface area (Å²) in [6, 6.07) is 7.03. The Kier molecular flexibility index (Phi) is 4.44. The molecule has 0 spiro atoms. The summed E-state index contributed by atoms with van der Waals surface area (Å²) in [6.07, 6.45) is 0.402. The van der Waals surface area contributed by atoms with Gasteiger partial charge in [-0.15, -0.1) is 0 Å². The predicted molar refractivity (Wildman–Crippen MR) is 83.2 cm³/mol. The van der Waals surface area contributed by atoms with Crippen LogP contribution in [0, 0.1) is 0 Å². The molecule has 1 aromatic carbocycles. The number of carbonyl (C=O) groups excluding carboxylic acids is 1. The van der Waals surface area contributed by atoms with E-state index in [0.29, 0.717) is 12.1 Å². The van der Waals surface area contributed by atoms with E-state index in [0.717, 1.165) is 12.0 Å². The molecule has 1 fully saturated rings. The lowest BCUT2D eigenvalue weighted by atomic mass is 9.92. The van der Waals surface area contributed by atoms with E-state index in [4.69, 9.17) is 4.74 Å². The third kappa shape index (κ3) is 3.59. The molecule has 0 bridgehead atoms. The Bertz CT molecular complexity index is 576. The molecule has 1 heterocycles. The molecule has 0 unspecified atom stereocenters. The number of aromatic carboxylic acids is 1. The normalized spacial score (nSPS) is 21.7. The fourth-order valence-electron chi connectivity index (χ4n) is 2.88. The molecule has 5 heteroatoms. The van der Waals surface area contributed by atoms with E-state index in [-0.39, 0.29) is 18.1 Å². The van der Waals surface area contributed by atoms with Crippen molar-refractivity contribution in [3.05, 3.63) is 35.4 Å². The average molecular weight is 305 g/mol. The summed E-state index contributed by atoms with van der Waals surface area (Å²) in [6.45, 7) is 7.96. The molecule has 0 radical (unpaired) electrons. The van der Waals surface area contributed by atoms with Crippen LogP contribution in [-0.2, 0) is 4.74 Å². The third-order valence-electron chi connectivity index (χ3n) is 3.83. The maximum atomic E-state index is 12.3. The zero-order valence-electron chi connectivity index (χ0n) is 13.5. The Balaban J connectivity index is 2.18. The fourth-order valence-corrected chi connectivity index (χ4v) is 2.88. The Morgan fingerprint density at radius 3 is 2.50 bits per heavy atom. The number of hydrogen-bond donors (Lipinski definition) is 1. The van der Waals surface area contributed by atoms with Crippen LogP contribution in [0.5, 0.6) is 0 Å². The first kappa shape index (κ1) is 16.3. The van der Waals surface area contributed by atoms with Crippen molar-refractivity contribution in [2.75, 3.05) is 6.54 Å². The van der Waals surface area contributed by atoms with Crippen molar-refractivity contribution in [3.63, 3.8) is 0 Å². The standard InChI is InChI=1S/C17H23NO4/c1-11-9-12(10-18(11)16(21)22-17(2,3)4)13-7-5-6-8-14(13)15(19)20/h5-8,11-12H,9-10H2,1-4H3,(H,19,20)/t11-,12+/m1/s1. The van der Waals surface area contributed by atoms with Gasteiger partial charge in [-0.2, -0.15) is 0 Å². The number of benzene rings is 1. The van der Waals surface area contributed by atoms with E-state index >= 15 is 0 Å². The van der Waals surface area contributed by atoms with Crippen LogP contribution in [0.1, 0.15) is 56.0 Å². The monoisotopic (exact) mass is 305 g/mol. The average Bonchev–Trinajstić information content (AvgIpc) is 2.79. The van der Waals surface area contributed by atoms with Crippen molar-refractivity contribution in [2.45, 2.75) is 51.7 Å². The molecular formula is C17H23NO4. The lowest BCUT2D eigenvalue weighted by Gasteiger charge is -2.27. The Labute approximate surface area is 130 Å². The second-order valence-electron chi connectivity index (χ2n) is 6.81. The van der Waals surface area contributed by atoms with E-state index in [1.807, 2.05) is 39.8 Å². The molecule has 1 aliphatic rings. The Morgan fingerprint density at radius 2 is 1.91 bits per heavy atom. The highest BCUT2D eigenvalue weighted by atomic mass is 16.6. The summed E-state index contributed by atoms with van der Waals surface area (Å²) >= 11 is 0. The molecule has 1 aromatic rings. The molecule has 0 aliphatic carbocycles. The quantitative estimate of drug-likeness (QED) is 0.908. The van der Waals surface area contributed by atoms with E-state index in [1.54, 1.807) is 17.0 Å². The first-order valence-corrected chi connectivity index (χ1v) is 7.51. The van der Waals surface area contributed by atoms with Crippen molar-refractivity contribution in [1.29, 1.82) is 0 Å². The molecule has 1 amide bonds. The molecular weight excluding hydrogens is 282 g/mol. The molecule has 5 nitrogen and oxygen atoms in total. The van der Waals surface area contributed by atoms with Gasteiger partial charge in [-0.3, -0.25) is 0 Å². The summed E-state index contributed by atoms with van der Waals surface area (Å²) in [5.41, 5.74) is 0.562. The number of ether oxygens (including phenoxy) is 1. The van der Waals surface area contributed by atoms with Crippen LogP contribution in [0.25, 0.3) is 0 Å². The van der Waals surface area contributed by atoms with Crippen molar-refractivity contribution < 1.29 is 19.4 Å². The summed E-state index contributed by atoms with van der Waals surface area (Å²) in [5.74, 6) is -0.909. The first-order chi connectivity index (χ1) is 10.2. The highest BCUT2D eigenvalue weighted by Crippen LogP contribution is 2.34. The summed E-state index contributed by atoms with van der Waals surface area (Å²) in [7, 11) is 0. The number of nitrogens with zero attached hydrogens (tertiary/aromatic N) is 1. The van der Waals surface area contributed by atoms with E-state index in [1.165, 1.54) is 0 Å². The van der Waals surface area contributed by atoms with Crippen LogP contribution in [0.4, 0.5) is 4.79 Å². The SMILES string of the molecule is C[C@@H]1C[C@H](c2ccccc2C(=O)O)CN1C(=O)OC(C)(C)C. The topological polar surface area (TPSA) is 66.8 Å². The lowest BCUT2D eigenvalue weighted by Crippen LogP contribution is -2.38. The lowest BCUT2D eigenvalue weighted by molar-refractivity contribution is 0.0237. The smallest absolute Gasteiger partial charge is 0.410 e. The molecule has 1 aliphatic heterocycles. The summed E-state index contributed by atoms with van der Waals surface area (Å²) < 4.78 is 5.42. The number of carboxylic acid groups (broad SMARTS) is 1. The van der Waals surface area contributed by atoms with Gasteiger partial charge in [0.15, 0.2) is 0 Å². The molecule has 2 atom stereocenters. The summed E-state index contributed by atoms with van der Waals surface area (Å²) in [5, 5.41) is 9.31. The number of likely N-dealkylation sites (tertiary alicyclic amines) is 1. The highest BCUT2D eigenvalue weighted by molar-refractivity contribution is 5.89. The predicted octanol–water partition coefficient (Wildman–Crippen LogP) is 3.50. The van der Waals surface area contributed by atoms with E-state index < -0.39 is 11.6 Å². The van der Waals surface area contributed by atoms with E-state index in [9.17, 15) is 14.7 Å². The van der Waals surface area contributed by atoms with Crippen LogP contribution < -0.4 is 0 Å². The zero-order valence-corrected chi connectivity index (χ0v) is 13.5. The van der Waals surface area contributed by atoms with Crippen molar-refractivity contribution in [3.8, 4) is 0 Å². The van der Waals surface area contributed by atoms with Gasteiger partial charge in [0.1, 0.15) is 5.60 Å². The van der Waals surface area contributed by atoms with Gasteiger partial charge >= 0.3 is 12.1 Å². The first-order valence-electron chi connectivity index (χ1n) is 7.51. The second-order valence-corrected chi connectivity index (χ2v) is 6.81. The largest absolute Gasteiger partial charge is 0.478 e. The summed E-state index contributed by atoms with van der Waals surface area (Å²) in [4.78, 5) is 25.3. The molecule has 1 saturated heterocycles. The van der Waals surface area contributed by atoms with Crippen LogP contribution in [0.2, 0.25) is 0 Å². The minimum atomic E-state index is -0.932. The van der Waals surface area contributed by atoms with Gasteiger partial charge in [-0.1, -0.05) is 18.2 Å². The minimum Gasteiger partial charge on any atom is -0.478 e. The van der Waals surface area contributed by atoms with Gasteiger partial charge in [0, 0.05) is 18.5 Å². The molecule has 120 valence electrons. The number of carbonyl (C=O) groups is 2. The minimum absolute atomic E-state index is 0.0230. The van der Waals surface area contributed by atoms with Crippen molar-refractivity contribution >= 4 is 12.1 Å². The molecule has 2 rings (SSSR count). The number of carboxylic acids is 1. The molecule has 0 aromatic heterocycles. The van der Waals surface area contributed by atoms with Crippen molar-refractivity contribution in [1.82, 2.24) is 4.90 Å². The van der Waals surface area contributed by atoms with Gasteiger partial charge in [0.25, 0.3) is 0 Å². The fraction of sp³-hybridized carbons (Fsp3) is 0.529. The van der Waals surface area contributed by atoms with Crippen LogP contribution in [0.3, 0.4) is 0 Å². The van der Waals surface area contributed by atoms with Gasteiger partial charge in [0.2, 0.25) is 0 Å². The van der Waals surface area contributed by atoms with Crippen LogP contribution >= 0.6 is 0 Å². The zero-order chi connectivity index (χ0) is 16.5. The van der Waals surface area contributed by atoms with Crippen LogP contribution in [-0.4, -0.2) is 40.3 Å². The van der Waals surface area contributed by atoms with Gasteiger partial charge < -0.3 is 14.7 Å². The Morgan fingerprint density at radius 1 is 1.27 bits per heavy atom.